The molecular weight excluding hydrogens is 512 g/mol. The number of rotatable bonds is 5. The Morgan fingerprint density at radius 2 is 1.78 bits per heavy atom. The third-order valence-electron chi connectivity index (χ3n) is 6.30. The van der Waals surface area contributed by atoms with Crippen LogP contribution in [0.3, 0.4) is 0 Å². The fourth-order valence-electron chi connectivity index (χ4n) is 4.22. The van der Waals surface area contributed by atoms with Gasteiger partial charge < -0.3 is 14.5 Å². The van der Waals surface area contributed by atoms with Gasteiger partial charge in [0.1, 0.15) is 5.82 Å². The molecule has 1 saturated heterocycles. The first-order chi connectivity index (χ1) is 17.2. The molecular formula is C24H24ClF2N5O3S. The number of halogens is 3. The van der Waals surface area contributed by atoms with Gasteiger partial charge in [-0.2, -0.15) is 9.29 Å². The first kappa shape index (κ1) is 24.8. The molecule has 0 N–H and O–H groups in total. The van der Waals surface area contributed by atoms with Crippen molar-refractivity contribution in [3.8, 4) is 11.6 Å². The number of fused-ring (bicyclic) bond motifs is 1. The number of nitrogens with zero attached hydrogens (tertiary/aromatic N) is 5. The SMILES string of the molecule is CN1CCN(c2nc3c(c(Oc4ccc(F)cc4F)n2)CN(S(=O)(=O)c2cccc(Cl)c2)CC3)CC1. The lowest BCUT2D eigenvalue weighted by atomic mass is 10.1. The van der Waals surface area contributed by atoms with Crippen molar-refractivity contribution in [1.29, 1.82) is 0 Å². The molecule has 0 spiro atoms. The summed E-state index contributed by atoms with van der Waals surface area (Å²) in [6.45, 7) is 3.20. The number of likely N-dealkylation sites (N-methyl/N-ethyl adjacent to an activating group) is 1. The van der Waals surface area contributed by atoms with Gasteiger partial charge in [-0.3, -0.25) is 0 Å². The van der Waals surface area contributed by atoms with Gasteiger partial charge in [0, 0.05) is 56.8 Å². The minimum Gasteiger partial charge on any atom is -0.435 e. The summed E-state index contributed by atoms with van der Waals surface area (Å²) in [7, 11) is -1.84. The minimum atomic E-state index is -3.87. The highest BCUT2D eigenvalue weighted by molar-refractivity contribution is 7.89. The Bertz CT molecular complexity index is 1400. The molecule has 1 aromatic heterocycles. The summed E-state index contributed by atoms with van der Waals surface area (Å²) in [5.74, 6) is -1.35. The summed E-state index contributed by atoms with van der Waals surface area (Å²) in [5.41, 5.74) is 1.07. The molecule has 0 amide bonds. The summed E-state index contributed by atoms with van der Waals surface area (Å²) in [6.07, 6.45) is 0.320. The second kappa shape index (κ2) is 9.89. The maximum atomic E-state index is 14.4. The summed E-state index contributed by atoms with van der Waals surface area (Å²) < 4.78 is 61.7. The average molecular weight is 536 g/mol. The number of hydrogen-bond donors (Lipinski definition) is 0. The lowest BCUT2D eigenvalue weighted by molar-refractivity contribution is 0.309. The van der Waals surface area contributed by atoms with Crippen LogP contribution >= 0.6 is 11.6 Å². The van der Waals surface area contributed by atoms with Gasteiger partial charge in [-0.15, -0.1) is 0 Å². The molecule has 1 fully saturated rings. The van der Waals surface area contributed by atoms with E-state index in [1.807, 2.05) is 11.9 Å². The van der Waals surface area contributed by atoms with Crippen LogP contribution in [0, 0.1) is 11.6 Å². The molecule has 2 aliphatic rings. The fourth-order valence-corrected chi connectivity index (χ4v) is 5.93. The molecule has 0 saturated carbocycles. The maximum absolute atomic E-state index is 14.4. The van der Waals surface area contributed by atoms with Crippen LogP contribution in [0.25, 0.3) is 0 Å². The van der Waals surface area contributed by atoms with Crippen molar-refractivity contribution in [2.45, 2.75) is 17.9 Å². The van der Waals surface area contributed by atoms with Crippen LogP contribution in [-0.2, 0) is 23.0 Å². The van der Waals surface area contributed by atoms with Crippen molar-refractivity contribution < 1.29 is 21.9 Å². The molecule has 190 valence electrons. The largest absolute Gasteiger partial charge is 0.435 e. The van der Waals surface area contributed by atoms with E-state index in [0.29, 0.717) is 41.7 Å². The fraction of sp³-hybridized carbons (Fsp3) is 0.333. The van der Waals surface area contributed by atoms with Gasteiger partial charge in [0.2, 0.25) is 21.9 Å². The predicted octanol–water partition coefficient (Wildman–Crippen LogP) is 3.70. The van der Waals surface area contributed by atoms with Gasteiger partial charge in [0.05, 0.1) is 16.2 Å². The van der Waals surface area contributed by atoms with Crippen molar-refractivity contribution >= 4 is 27.6 Å². The van der Waals surface area contributed by atoms with E-state index in [-0.39, 0.29) is 29.6 Å². The van der Waals surface area contributed by atoms with E-state index in [9.17, 15) is 17.2 Å². The van der Waals surface area contributed by atoms with E-state index in [1.165, 1.54) is 22.5 Å². The molecule has 0 unspecified atom stereocenters. The van der Waals surface area contributed by atoms with E-state index in [2.05, 4.69) is 9.88 Å². The van der Waals surface area contributed by atoms with Crippen molar-refractivity contribution in [3.63, 3.8) is 0 Å². The first-order valence-corrected chi connectivity index (χ1v) is 13.2. The second-order valence-corrected chi connectivity index (χ2v) is 11.1. The van der Waals surface area contributed by atoms with Gasteiger partial charge in [-0.1, -0.05) is 17.7 Å². The zero-order valence-corrected chi connectivity index (χ0v) is 21.1. The Hall–Kier alpha value is -2.86. The summed E-state index contributed by atoms with van der Waals surface area (Å²) in [4.78, 5) is 13.6. The molecule has 0 bridgehead atoms. The van der Waals surface area contributed by atoms with Crippen LogP contribution in [0.5, 0.6) is 11.6 Å². The number of piperazine rings is 1. The third-order valence-corrected chi connectivity index (χ3v) is 8.37. The third kappa shape index (κ3) is 5.01. The standard InChI is InChI=1S/C24H24ClF2N5O3S/c1-30-9-11-31(12-10-30)24-28-21-7-8-32(36(33,34)18-4-2-3-16(25)13-18)15-19(21)23(29-24)35-22-6-5-17(26)14-20(22)27/h2-6,13-14H,7-12,15H2,1H3. The van der Waals surface area contributed by atoms with Crippen molar-refractivity contribution in [2.75, 3.05) is 44.7 Å². The number of ether oxygens (including phenoxy) is 1. The van der Waals surface area contributed by atoms with Crippen LogP contribution in [0.15, 0.2) is 47.4 Å². The normalized spacial score (nSPS) is 17.2. The van der Waals surface area contributed by atoms with E-state index in [4.69, 9.17) is 21.3 Å². The van der Waals surface area contributed by atoms with Crippen LogP contribution in [0.2, 0.25) is 5.02 Å². The molecule has 0 atom stereocenters. The number of anilines is 1. The Labute approximate surface area is 213 Å². The van der Waals surface area contributed by atoms with Gasteiger partial charge in [-0.25, -0.2) is 22.2 Å². The van der Waals surface area contributed by atoms with Crippen molar-refractivity contribution in [2.24, 2.45) is 0 Å². The summed E-state index contributed by atoms with van der Waals surface area (Å²) >= 11 is 6.02. The van der Waals surface area contributed by atoms with Crippen molar-refractivity contribution in [3.05, 3.63) is 70.4 Å². The number of aromatic nitrogens is 2. The van der Waals surface area contributed by atoms with Crippen molar-refractivity contribution in [1.82, 2.24) is 19.2 Å². The zero-order valence-electron chi connectivity index (χ0n) is 19.5. The Morgan fingerprint density at radius 1 is 1.00 bits per heavy atom. The minimum absolute atomic E-state index is 0.0467. The summed E-state index contributed by atoms with van der Waals surface area (Å²) in [6, 6.07) is 9.04. The average Bonchev–Trinajstić information content (AvgIpc) is 2.85. The first-order valence-electron chi connectivity index (χ1n) is 11.4. The highest BCUT2D eigenvalue weighted by atomic mass is 35.5. The quantitative estimate of drug-likeness (QED) is 0.493. The molecule has 12 heteroatoms. The highest BCUT2D eigenvalue weighted by Gasteiger charge is 2.33. The monoisotopic (exact) mass is 535 g/mol. The summed E-state index contributed by atoms with van der Waals surface area (Å²) in [5, 5.41) is 0.310. The lowest BCUT2D eigenvalue weighted by Gasteiger charge is -2.34. The Balaban J connectivity index is 1.53. The molecule has 0 aliphatic carbocycles. The smallest absolute Gasteiger partial charge is 0.243 e. The second-order valence-electron chi connectivity index (χ2n) is 8.77. The molecule has 2 aromatic carbocycles. The highest BCUT2D eigenvalue weighted by Crippen LogP contribution is 2.34. The van der Waals surface area contributed by atoms with Crippen LogP contribution in [0.1, 0.15) is 11.3 Å². The maximum Gasteiger partial charge on any atom is 0.243 e. The molecule has 8 nitrogen and oxygen atoms in total. The van der Waals surface area contributed by atoms with Gasteiger partial charge in [0.15, 0.2) is 11.6 Å². The Morgan fingerprint density at radius 3 is 2.50 bits per heavy atom. The molecule has 0 radical (unpaired) electrons. The van der Waals surface area contributed by atoms with E-state index < -0.39 is 21.7 Å². The van der Waals surface area contributed by atoms with E-state index in [0.717, 1.165) is 25.2 Å². The molecule has 3 aromatic rings. The lowest BCUT2D eigenvalue weighted by Crippen LogP contribution is -2.45. The molecule has 5 rings (SSSR count). The molecule has 2 aliphatic heterocycles. The molecule has 36 heavy (non-hydrogen) atoms. The predicted molar refractivity (Wildman–Crippen MR) is 131 cm³/mol. The number of sulfonamides is 1. The topological polar surface area (TPSA) is 78.9 Å². The van der Waals surface area contributed by atoms with Gasteiger partial charge >= 0.3 is 0 Å². The Kier molecular flexibility index (Phi) is 6.82. The molecule has 3 heterocycles. The number of benzene rings is 2. The van der Waals surface area contributed by atoms with Crippen LogP contribution in [0.4, 0.5) is 14.7 Å². The van der Waals surface area contributed by atoms with Gasteiger partial charge in [0.25, 0.3) is 0 Å². The van der Waals surface area contributed by atoms with E-state index >= 15 is 0 Å². The van der Waals surface area contributed by atoms with E-state index in [1.54, 1.807) is 12.1 Å². The van der Waals surface area contributed by atoms with Crippen LogP contribution in [-0.4, -0.2) is 67.4 Å². The van der Waals surface area contributed by atoms with Crippen LogP contribution < -0.4 is 9.64 Å². The van der Waals surface area contributed by atoms with Gasteiger partial charge in [-0.05, 0) is 37.4 Å². The zero-order chi connectivity index (χ0) is 25.4. The number of hydrogen-bond acceptors (Lipinski definition) is 7.